The van der Waals surface area contributed by atoms with E-state index in [1.165, 1.54) is 19.1 Å². The number of ketones is 1. The van der Waals surface area contributed by atoms with Gasteiger partial charge in [-0.15, -0.1) is 0 Å². The van der Waals surface area contributed by atoms with Crippen molar-refractivity contribution in [3.63, 3.8) is 0 Å². The first kappa shape index (κ1) is 30.2. The van der Waals surface area contributed by atoms with Gasteiger partial charge in [0.05, 0.1) is 6.10 Å². The smallest absolute Gasteiger partial charge is 0.478 e. The van der Waals surface area contributed by atoms with Crippen molar-refractivity contribution in [2.45, 2.75) is 110 Å². The van der Waals surface area contributed by atoms with Crippen molar-refractivity contribution < 1.29 is 42.9 Å². The molecule has 0 aromatic rings. The zero-order valence-electron chi connectivity index (χ0n) is 24.9. The fourth-order valence-corrected chi connectivity index (χ4v) is 9.77. The summed E-state index contributed by atoms with van der Waals surface area (Å²) in [6, 6.07) is 0. The van der Waals surface area contributed by atoms with Crippen LogP contribution < -0.4 is 0 Å². The number of carbonyl (C=O) groups is 3. The summed E-state index contributed by atoms with van der Waals surface area (Å²) in [5.74, 6) is -3.63. The Balaban J connectivity index is 1.50. The number of alkyl halides is 2. The van der Waals surface area contributed by atoms with Crippen LogP contribution in [0.3, 0.4) is 0 Å². The molecule has 5 aliphatic rings. The second-order valence-corrected chi connectivity index (χ2v) is 14.4. The minimum atomic E-state index is -2.35. The van der Waals surface area contributed by atoms with Gasteiger partial charge in [-0.3, -0.25) is 4.79 Å². The summed E-state index contributed by atoms with van der Waals surface area (Å²) in [6.07, 6.45) is 0.967. The molecule has 3 unspecified atom stereocenters. The Hall–Kier alpha value is -2.29. The largest absolute Gasteiger partial charge is 0.509 e. The second-order valence-electron chi connectivity index (χ2n) is 14.4. The molecule has 0 spiro atoms. The standard InChI is InChI=1S/C32H44F2O7/c1-16(2)20-8-7-17(3)11-25(20)40-28(39)41-32(27(37)38)18(4)12-21-22-14-24(33)23-13-19(35)9-10-29(23,5)31(22,34)26(36)15-30(21,32)6/h9-10,13,16-18,20-22,24-26,36H,7-8,11-12,14-15H2,1-6H3,(H,37,38)/t17?,18-,20?,21+,22+,24+,25+,26+,29+,30+,31?,32-/m1/s1. The zero-order chi connectivity index (χ0) is 30.3. The maximum Gasteiger partial charge on any atom is 0.509 e. The minimum absolute atomic E-state index is 0.00295. The van der Waals surface area contributed by atoms with Gasteiger partial charge < -0.3 is 19.7 Å². The highest BCUT2D eigenvalue weighted by molar-refractivity contribution is 6.01. The van der Waals surface area contributed by atoms with Crippen LogP contribution in [0, 0.1) is 46.3 Å². The lowest BCUT2D eigenvalue weighted by Crippen LogP contribution is -2.71. The van der Waals surface area contributed by atoms with Crippen molar-refractivity contribution in [2.24, 2.45) is 46.3 Å². The Labute approximate surface area is 240 Å². The minimum Gasteiger partial charge on any atom is -0.478 e. The Morgan fingerprint density at radius 2 is 1.78 bits per heavy atom. The molecular formula is C32H44F2O7. The Bertz CT molecular complexity index is 1180. The van der Waals surface area contributed by atoms with Crippen molar-refractivity contribution >= 4 is 17.9 Å². The summed E-state index contributed by atoms with van der Waals surface area (Å²) in [5, 5.41) is 22.2. The average molecular weight is 579 g/mol. The van der Waals surface area contributed by atoms with E-state index in [2.05, 4.69) is 20.8 Å². The Morgan fingerprint density at radius 1 is 1.10 bits per heavy atom. The molecule has 0 aliphatic heterocycles. The van der Waals surface area contributed by atoms with Crippen molar-refractivity contribution in [1.29, 1.82) is 0 Å². The van der Waals surface area contributed by atoms with Gasteiger partial charge in [0, 0.05) is 22.7 Å². The normalized spacial score (nSPS) is 49.0. The molecule has 0 amide bonds. The van der Waals surface area contributed by atoms with Crippen molar-refractivity contribution in [1.82, 2.24) is 0 Å². The van der Waals surface area contributed by atoms with E-state index < -0.39 is 76.1 Å². The lowest BCUT2D eigenvalue weighted by molar-refractivity contribution is -0.232. The number of hydrogen-bond donors (Lipinski definition) is 2. The van der Waals surface area contributed by atoms with Crippen LogP contribution in [0.2, 0.25) is 0 Å². The van der Waals surface area contributed by atoms with Gasteiger partial charge in [-0.1, -0.05) is 47.1 Å². The molecule has 5 aliphatic carbocycles. The number of carbonyl (C=O) groups excluding carboxylic acids is 2. The number of aliphatic hydroxyl groups excluding tert-OH is 1. The van der Waals surface area contributed by atoms with E-state index in [0.29, 0.717) is 12.3 Å². The quantitative estimate of drug-likeness (QED) is 0.395. The van der Waals surface area contributed by atoms with Gasteiger partial charge in [0.15, 0.2) is 11.5 Å². The van der Waals surface area contributed by atoms with Crippen molar-refractivity contribution in [2.75, 3.05) is 0 Å². The molecule has 0 radical (unpaired) electrons. The second kappa shape index (κ2) is 9.88. The Kier molecular flexibility index (Phi) is 7.27. The molecule has 12 atom stereocenters. The molecule has 0 saturated heterocycles. The number of rotatable bonds is 4. The number of hydrogen-bond acceptors (Lipinski definition) is 6. The first-order valence-electron chi connectivity index (χ1n) is 15.1. The van der Waals surface area contributed by atoms with Crippen LogP contribution in [-0.2, 0) is 19.1 Å². The van der Waals surface area contributed by atoms with Crippen LogP contribution in [-0.4, -0.2) is 57.8 Å². The lowest BCUT2D eigenvalue weighted by Gasteiger charge is -2.62. The van der Waals surface area contributed by atoms with E-state index in [4.69, 9.17) is 9.47 Å². The van der Waals surface area contributed by atoms with Gasteiger partial charge in [-0.05, 0) is 80.4 Å². The number of carboxylic acids is 1. The van der Waals surface area contributed by atoms with Gasteiger partial charge in [0.1, 0.15) is 12.3 Å². The average Bonchev–Trinajstić information content (AvgIpc) is 3.09. The summed E-state index contributed by atoms with van der Waals surface area (Å²) < 4.78 is 44.9. The molecule has 0 bridgehead atoms. The third-order valence-corrected chi connectivity index (χ3v) is 11.9. The molecular weight excluding hydrogens is 534 g/mol. The first-order valence-corrected chi connectivity index (χ1v) is 15.1. The maximum atomic E-state index is 17.4. The number of halogens is 2. The van der Waals surface area contributed by atoms with E-state index in [9.17, 15) is 24.6 Å². The molecule has 2 N–H and O–H groups in total. The zero-order valence-corrected chi connectivity index (χ0v) is 24.9. The number of carboxylic acid groups (broad SMARTS) is 1. The number of aliphatic carboxylic acids is 1. The van der Waals surface area contributed by atoms with E-state index in [-0.39, 0.29) is 36.7 Å². The predicted octanol–water partition coefficient (Wildman–Crippen LogP) is 5.99. The van der Waals surface area contributed by atoms with Crippen LogP contribution in [0.15, 0.2) is 23.8 Å². The highest BCUT2D eigenvalue weighted by Gasteiger charge is 2.78. The SMILES string of the molecule is CC1CCC(C(C)C)[C@@H](OC(=O)O[C@@]2(C(=O)O)[C@H](C)C[C@H]3[C@@H]4C[C@H](F)C5=CC(=O)C=C[C@]5(C)C4(F)[C@@H](O)C[C@@]32C)C1. The van der Waals surface area contributed by atoms with Gasteiger partial charge in [-0.25, -0.2) is 18.4 Å². The third kappa shape index (κ3) is 4.07. The predicted molar refractivity (Wildman–Crippen MR) is 146 cm³/mol. The molecule has 41 heavy (non-hydrogen) atoms. The van der Waals surface area contributed by atoms with Crippen molar-refractivity contribution in [3.05, 3.63) is 23.8 Å². The fourth-order valence-electron chi connectivity index (χ4n) is 9.77. The van der Waals surface area contributed by atoms with E-state index in [1.807, 2.05) is 0 Å². The summed E-state index contributed by atoms with van der Waals surface area (Å²) in [7, 11) is 0. The van der Waals surface area contributed by atoms with Crippen LogP contribution >= 0.6 is 0 Å². The van der Waals surface area contributed by atoms with Gasteiger partial charge >= 0.3 is 12.1 Å². The summed E-state index contributed by atoms with van der Waals surface area (Å²) in [4.78, 5) is 38.6. The highest BCUT2D eigenvalue weighted by atomic mass is 19.1. The molecule has 9 heteroatoms. The monoisotopic (exact) mass is 578 g/mol. The molecule has 0 aromatic heterocycles. The van der Waals surface area contributed by atoms with Gasteiger partial charge in [0.25, 0.3) is 0 Å². The molecule has 7 nitrogen and oxygen atoms in total. The van der Waals surface area contributed by atoms with Crippen molar-refractivity contribution in [3.8, 4) is 0 Å². The van der Waals surface area contributed by atoms with E-state index in [0.717, 1.165) is 18.9 Å². The maximum absolute atomic E-state index is 17.4. The number of aliphatic hydroxyl groups is 1. The molecule has 4 saturated carbocycles. The number of ether oxygens (including phenoxy) is 2. The summed E-state index contributed by atoms with van der Waals surface area (Å²) in [5.41, 5.74) is -7.43. The number of allylic oxidation sites excluding steroid dienone is 4. The molecule has 0 aromatic carbocycles. The lowest BCUT2D eigenvalue weighted by atomic mass is 9.44. The van der Waals surface area contributed by atoms with E-state index >= 15 is 8.78 Å². The highest BCUT2D eigenvalue weighted by Crippen LogP contribution is 2.71. The first-order chi connectivity index (χ1) is 19.0. The van der Waals surface area contributed by atoms with Gasteiger partial charge in [0.2, 0.25) is 5.60 Å². The number of fused-ring (bicyclic) bond motifs is 5. The van der Waals surface area contributed by atoms with Crippen LogP contribution in [0.4, 0.5) is 13.6 Å². The summed E-state index contributed by atoms with van der Waals surface area (Å²) >= 11 is 0. The van der Waals surface area contributed by atoms with E-state index in [1.54, 1.807) is 13.8 Å². The topological polar surface area (TPSA) is 110 Å². The molecule has 4 fully saturated rings. The van der Waals surface area contributed by atoms with Crippen LogP contribution in [0.25, 0.3) is 0 Å². The van der Waals surface area contributed by atoms with Gasteiger partial charge in [-0.2, -0.15) is 0 Å². The fraction of sp³-hybridized carbons (Fsp3) is 0.781. The molecule has 5 rings (SSSR count). The van der Waals surface area contributed by atoms with Crippen LogP contribution in [0.1, 0.15) is 80.1 Å². The summed E-state index contributed by atoms with van der Waals surface area (Å²) in [6.45, 7) is 11.0. The molecule has 228 valence electrons. The third-order valence-electron chi connectivity index (χ3n) is 11.9. The van der Waals surface area contributed by atoms with Crippen LogP contribution in [0.5, 0.6) is 0 Å². The molecule has 0 heterocycles. The Morgan fingerprint density at radius 3 is 2.41 bits per heavy atom.